The number of pyridine rings is 1. The molecule has 0 saturated heterocycles. The Kier molecular flexibility index (Phi) is 7.14. The number of carbonyl (C=O) groups excluding carboxylic acids is 2. The van der Waals surface area contributed by atoms with Gasteiger partial charge in [0.1, 0.15) is 19.0 Å². The fraction of sp³-hybridized carbons (Fsp3) is 0.318. The van der Waals surface area contributed by atoms with Gasteiger partial charge < -0.3 is 19.7 Å². The molecule has 2 aliphatic heterocycles. The van der Waals surface area contributed by atoms with Gasteiger partial charge in [0, 0.05) is 43.5 Å². The fourth-order valence-electron chi connectivity index (χ4n) is 3.50. The third-order valence-corrected chi connectivity index (χ3v) is 4.95. The number of halogens is 1. The van der Waals surface area contributed by atoms with Crippen molar-refractivity contribution in [3.63, 3.8) is 0 Å². The van der Waals surface area contributed by atoms with Gasteiger partial charge in [-0.25, -0.2) is 4.98 Å². The van der Waals surface area contributed by atoms with Gasteiger partial charge >= 0.3 is 0 Å². The molecule has 0 bridgehead atoms. The second kappa shape index (κ2) is 9.80. The van der Waals surface area contributed by atoms with Crippen LogP contribution in [-0.2, 0) is 22.7 Å². The number of amides is 2. The molecule has 1 N–H and O–H groups in total. The van der Waals surface area contributed by atoms with Crippen LogP contribution in [0.5, 0.6) is 11.5 Å². The van der Waals surface area contributed by atoms with Crippen molar-refractivity contribution in [1.29, 1.82) is 0 Å². The lowest BCUT2D eigenvalue weighted by Gasteiger charge is -2.23. The Morgan fingerprint density at radius 3 is 2.94 bits per heavy atom. The standard InChI is InChI=1S/C22H24N4O4.ClH/c1-25-12-17-10-15(11-23-22(17)24-19(27)14-25)6-7-20(28)26(2)13-16-4-3-5-18-21(16)30-9-8-29-18;/h3-7,10-11H,8-9,12-14H2,1-2H3,(H,23,24,27);1H. The van der Waals surface area contributed by atoms with Crippen molar-refractivity contribution in [1.82, 2.24) is 14.8 Å². The van der Waals surface area contributed by atoms with Crippen LogP contribution in [0, 0.1) is 0 Å². The highest BCUT2D eigenvalue weighted by Crippen LogP contribution is 2.34. The van der Waals surface area contributed by atoms with E-state index in [0.717, 1.165) is 16.7 Å². The molecule has 0 spiro atoms. The summed E-state index contributed by atoms with van der Waals surface area (Å²) in [6, 6.07) is 7.63. The van der Waals surface area contributed by atoms with E-state index in [4.69, 9.17) is 9.47 Å². The molecule has 2 amide bonds. The molecule has 31 heavy (non-hydrogen) atoms. The highest BCUT2D eigenvalue weighted by molar-refractivity contribution is 5.93. The van der Waals surface area contributed by atoms with Crippen LogP contribution in [0.15, 0.2) is 36.5 Å². The summed E-state index contributed by atoms with van der Waals surface area (Å²) in [6.45, 7) is 2.38. The minimum absolute atomic E-state index is 0. The predicted octanol–water partition coefficient (Wildman–Crippen LogP) is 2.33. The first-order chi connectivity index (χ1) is 14.5. The number of likely N-dealkylation sites (N-methyl/N-ethyl adjacent to an activating group) is 2. The summed E-state index contributed by atoms with van der Waals surface area (Å²) in [7, 11) is 3.63. The van der Waals surface area contributed by atoms with E-state index >= 15 is 0 Å². The Balaban J connectivity index is 0.00000272. The number of benzene rings is 1. The maximum absolute atomic E-state index is 12.6. The summed E-state index contributed by atoms with van der Waals surface area (Å²) in [5, 5.41) is 2.80. The van der Waals surface area contributed by atoms with E-state index in [9.17, 15) is 9.59 Å². The van der Waals surface area contributed by atoms with Gasteiger partial charge in [0.05, 0.1) is 6.54 Å². The minimum Gasteiger partial charge on any atom is -0.486 e. The first kappa shape index (κ1) is 22.6. The zero-order valence-corrected chi connectivity index (χ0v) is 18.3. The molecule has 2 aromatic rings. The van der Waals surface area contributed by atoms with E-state index in [0.29, 0.717) is 50.2 Å². The molecule has 0 unspecified atom stereocenters. The SMILES string of the molecule is CN1CC(=O)Nc2ncc(C=CC(=O)N(C)Cc3cccc4c3OCCO4)cc2C1.Cl. The van der Waals surface area contributed by atoms with Crippen LogP contribution >= 0.6 is 12.4 Å². The average molecular weight is 445 g/mol. The number of aromatic nitrogens is 1. The van der Waals surface area contributed by atoms with E-state index < -0.39 is 0 Å². The molecule has 0 aliphatic carbocycles. The van der Waals surface area contributed by atoms with E-state index in [1.54, 1.807) is 24.2 Å². The van der Waals surface area contributed by atoms with Crippen molar-refractivity contribution in [3.05, 3.63) is 53.2 Å². The van der Waals surface area contributed by atoms with Crippen LogP contribution < -0.4 is 14.8 Å². The zero-order valence-electron chi connectivity index (χ0n) is 17.5. The summed E-state index contributed by atoms with van der Waals surface area (Å²) >= 11 is 0. The quantitative estimate of drug-likeness (QED) is 0.729. The molecule has 1 aromatic carbocycles. The monoisotopic (exact) mass is 444 g/mol. The molecule has 4 rings (SSSR count). The van der Waals surface area contributed by atoms with Gasteiger partial charge in [-0.2, -0.15) is 0 Å². The molecule has 2 aliphatic rings. The first-order valence-corrected chi connectivity index (χ1v) is 9.77. The summed E-state index contributed by atoms with van der Waals surface area (Å²) in [5.41, 5.74) is 2.62. The van der Waals surface area contributed by atoms with Crippen LogP contribution in [-0.4, -0.2) is 60.5 Å². The van der Waals surface area contributed by atoms with Crippen LogP contribution in [0.3, 0.4) is 0 Å². The molecular formula is C22H25ClN4O4. The van der Waals surface area contributed by atoms with Gasteiger partial charge in [0.15, 0.2) is 11.5 Å². The largest absolute Gasteiger partial charge is 0.486 e. The molecule has 0 atom stereocenters. The number of carbonyl (C=O) groups is 2. The second-order valence-corrected chi connectivity index (χ2v) is 7.47. The molecule has 0 fully saturated rings. The van der Waals surface area contributed by atoms with Crippen molar-refractivity contribution in [2.24, 2.45) is 0 Å². The number of anilines is 1. The van der Waals surface area contributed by atoms with Crippen LogP contribution in [0.4, 0.5) is 5.82 Å². The van der Waals surface area contributed by atoms with Gasteiger partial charge in [-0.3, -0.25) is 14.5 Å². The topological polar surface area (TPSA) is 84.0 Å². The molecule has 164 valence electrons. The predicted molar refractivity (Wildman–Crippen MR) is 119 cm³/mol. The third kappa shape index (κ3) is 5.34. The smallest absolute Gasteiger partial charge is 0.246 e. The minimum atomic E-state index is -0.135. The maximum Gasteiger partial charge on any atom is 0.246 e. The molecular weight excluding hydrogens is 420 g/mol. The number of rotatable bonds is 4. The molecule has 0 radical (unpaired) electrons. The summed E-state index contributed by atoms with van der Waals surface area (Å²) in [6.07, 6.45) is 4.90. The number of hydrogen-bond acceptors (Lipinski definition) is 6. The number of para-hydroxylation sites is 1. The number of hydrogen-bond donors (Lipinski definition) is 1. The summed E-state index contributed by atoms with van der Waals surface area (Å²) in [4.78, 5) is 32.3. The van der Waals surface area contributed by atoms with Crippen molar-refractivity contribution >= 4 is 36.1 Å². The highest BCUT2D eigenvalue weighted by Gasteiger charge is 2.19. The number of nitrogens with one attached hydrogen (secondary N) is 1. The van der Waals surface area contributed by atoms with E-state index in [-0.39, 0.29) is 24.2 Å². The van der Waals surface area contributed by atoms with Crippen molar-refractivity contribution in [2.45, 2.75) is 13.1 Å². The Morgan fingerprint density at radius 2 is 2.10 bits per heavy atom. The van der Waals surface area contributed by atoms with Crippen LogP contribution in [0.1, 0.15) is 16.7 Å². The van der Waals surface area contributed by atoms with Crippen molar-refractivity contribution in [2.75, 3.05) is 39.2 Å². The number of nitrogens with zero attached hydrogens (tertiary/aromatic N) is 3. The molecule has 1 aromatic heterocycles. The second-order valence-electron chi connectivity index (χ2n) is 7.47. The average Bonchev–Trinajstić information content (AvgIpc) is 2.88. The van der Waals surface area contributed by atoms with Gasteiger partial charge in [-0.05, 0) is 30.8 Å². The third-order valence-electron chi connectivity index (χ3n) is 4.95. The van der Waals surface area contributed by atoms with Crippen molar-refractivity contribution in [3.8, 4) is 11.5 Å². The molecule has 3 heterocycles. The van der Waals surface area contributed by atoms with E-state index in [1.807, 2.05) is 36.2 Å². The molecule has 8 nitrogen and oxygen atoms in total. The van der Waals surface area contributed by atoms with Gasteiger partial charge in [0.2, 0.25) is 11.8 Å². The maximum atomic E-state index is 12.6. The van der Waals surface area contributed by atoms with E-state index in [1.165, 1.54) is 6.08 Å². The van der Waals surface area contributed by atoms with Gasteiger partial charge in [-0.1, -0.05) is 12.1 Å². The highest BCUT2D eigenvalue weighted by atomic mass is 35.5. The lowest BCUT2D eigenvalue weighted by Crippen LogP contribution is -2.26. The first-order valence-electron chi connectivity index (χ1n) is 9.77. The molecule has 9 heteroatoms. The molecule has 0 saturated carbocycles. The Bertz CT molecular complexity index is 1010. The zero-order chi connectivity index (χ0) is 21.1. The lowest BCUT2D eigenvalue weighted by atomic mass is 10.1. The van der Waals surface area contributed by atoms with Crippen LogP contribution in [0.2, 0.25) is 0 Å². The fourth-order valence-corrected chi connectivity index (χ4v) is 3.50. The Labute approximate surface area is 187 Å². The Morgan fingerprint density at radius 1 is 1.29 bits per heavy atom. The van der Waals surface area contributed by atoms with Crippen LogP contribution in [0.25, 0.3) is 6.08 Å². The van der Waals surface area contributed by atoms with Gasteiger partial charge in [0.25, 0.3) is 0 Å². The normalized spacial score (nSPS) is 15.5. The summed E-state index contributed by atoms with van der Waals surface area (Å²) in [5.74, 6) is 1.77. The number of fused-ring (bicyclic) bond motifs is 2. The number of ether oxygens (including phenoxy) is 2. The Hall–Kier alpha value is -3.10. The van der Waals surface area contributed by atoms with Gasteiger partial charge in [-0.15, -0.1) is 12.4 Å². The van der Waals surface area contributed by atoms with E-state index in [2.05, 4.69) is 10.3 Å². The van der Waals surface area contributed by atoms with Crippen molar-refractivity contribution < 1.29 is 19.1 Å². The summed E-state index contributed by atoms with van der Waals surface area (Å²) < 4.78 is 11.3. The lowest BCUT2D eigenvalue weighted by molar-refractivity contribution is -0.125.